The van der Waals surface area contributed by atoms with Crippen molar-refractivity contribution in [2.75, 3.05) is 25.3 Å². The highest BCUT2D eigenvalue weighted by molar-refractivity contribution is 7.98. The molecule has 0 aliphatic carbocycles. The molecule has 3 heteroatoms. The van der Waals surface area contributed by atoms with Crippen molar-refractivity contribution in [1.29, 1.82) is 0 Å². The molecule has 0 aliphatic rings. The van der Waals surface area contributed by atoms with E-state index in [0.717, 1.165) is 13.1 Å². The first-order chi connectivity index (χ1) is 9.69. The number of anilines is 1. The van der Waals surface area contributed by atoms with E-state index < -0.39 is 0 Å². The monoisotopic (exact) mass is 286 g/mol. The lowest BCUT2D eigenvalue weighted by Crippen LogP contribution is -2.13. The van der Waals surface area contributed by atoms with Crippen molar-refractivity contribution < 1.29 is 0 Å². The van der Waals surface area contributed by atoms with Crippen LogP contribution in [-0.2, 0) is 13.1 Å². The Bertz CT molecular complexity index is 518. The second kappa shape index (κ2) is 7.36. The van der Waals surface area contributed by atoms with Gasteiger partial charge in [0.05, 0.1) is 0 Å². The van der Waals surface area contributed by atoms with Gasteiger partial charge in [-0.05, 0) is 41.6 Å². The van der Waals surface area contributed by atoms with Gasteiger partial charge in [-0.3, -0.25) is 0 Å². The molecule has 0 aliphatic heterocycles. The predicted molar refractivity (Wildman–Crippen MR) is 89.5 cm³/mol. The molecule has 2 aromatic carbocycles. The number of nitrogens with zero attached hydrogens (tertiary/aromatic N) is 1. The number of hydrogen-bond acceptors (Lipinski definition) is 3. The van der Waals surface area contributed by atoms with E-state index in [1.807, 2.05) is 0 Å². The summed E-state index contributed by atoms with van der Waals surface area (Å²) in [6.07, 6.45) is 2.10. The molecule has 1 N–H and O–H groups in total. The van der Waals surface area contributed by atoms with Gasteiger partial charge >= 0.3 is 0 Å². The largest absolute Gasteiger partial charge is 0.378 e. The molecule has 0 saturated carbocycles. The van der Waals surface area contributed by atoms with Crippen molar-refractivity contribution in [3.05, 3.63) is 59.7 Å². The van der Waals surface area contributed by atoms with Crippen LogP contribution in [0.4, 0.5) is 5.69 Å². The molecule has 0 saturated heterocycles. The third-order valence-electron chi connectivity index (χ3n) is 3.27. The molecule has 0 atom stereocenters. The summed E-state index contributed by atoms with van der Waals surface area (Å²) in [7, 11) is 4.12. The lowest BCUT2D eigenvalue weighted by Gasteiger charge is -2.13. The fourth-order valence-electron chi connectivity index (χ4n) is 2.01. The van der Waals surface area contributed by atoms with Crippen LogP contribution in [0.25, 0.3) is 0 Å². The minimum atomic E-state index is 0.901. The summed E-state index contributed by atoms with van der Waals surface area (Å²) >= 11 is 1.78. The van der Waals surface area contributed by atoms with Crippen LogP contribution in [0.3, 0.4) is 0 Å². The van der Waals surface area contributed by atoms with E-state index in [-0.39, 0.29) is 0 Å². The van der Waals surface area contributed by atoms with Crippen molar-refractivity contribution >= 4 is 17.4 Å². The van der Waals surface area contributed by atoms with Gasteiger partial charge in [-0.25, -0.2) is 0 Å². The second-order valence-electron chi connectivity index (χ2n) is 5.01. The molecule has 0 bridgehead atoms. The average molecular weight is 286 g/mol. The third kappa shape index (κ3) is 4.29. The summed E-state index contributed by atoms with van der Waals surface area (Å²) < 4.78 is 0. The molecule has 106 valence electrons. The van der Waals surface area contributed by atoms with Gasteiger partial charge in [0.25, 0.3) is 0 Å². The van der Waals surface area contributed by atoms with Crippen LogP contribution in [0.2, 0.25) is 0 Å². The van der Waals surface area contributed by atoms with Crippen LogP contribution < -0.4 is 10.2 Å². The fourth-order valence-corrected chi connectivity index (χ4v) is 2.41. The Hall–Kier alpha value is -1.45. The molecule has 0 radical (unpaired) electrons. The summed E-state index contributed by atoms with van der Waals surface area (Å²) in [6.45, 7) is 1.81. The number of benzene rings is 2. The minimum absolute atomic E-state index is 0.901. The lowest BCUT2D eigenvalue weighted by molar-refractivity contribution is 0.693. The Labute approximate surface area is 126 Å². The summed E-state index contributed by atoms with van der Waals surface area (Å²) in [4.78, 5) is 3.43. The zero-order valence-electron chi connectivity index (χ0n) is 12.4. The number of nitrogens with one attached hydrogen (secondary N) is 1. The highest BCUT2D eigenvalue weighted by Crippen LogP contribution is 2.15. The molecule has 0 heterocycles. The highest BCUT2D eigenvalue weighted by atomic mass is 32.2. The quantitative estimate of drug-likeness (QED) is 0.814. The SMILES string of the molecule is CSc1ccc(CNCc2ccc(N(C)C)cc2)cc1. The normalized spacial score (nSPS) is 10.6. The first kappa shape index (κ1) is 14.9. The third-order valence-corrected chi connectivity index (χ3v) is 4.01. The van der Waals surface area contributed by atoms with Gasteiger partial charge in [0.1, 0.15) is 0 Å². The van der Waals surface area contributed by atoms with Crippen LogP contribution in [0.1, 0.15) is 11.1 Å². The average Bonchev–Trinajstić information content (AvgIpc) is 2.48. The van der Waals surface area contributed by atoms with E-state index >= 15 is 0 Å². The molecule has 0 spiro atoms. The molecular formula is C17H22N2S. The fraction of sp³-hybridized carbons (Fsp3) is 0.294. The Morgan fingerprint density at radius 1 is 0.850 bits per heavy atom. The smallest absolute Gasteiger partial charge is 0.0361 e. The van der Waals surface area contributed by atoms with E-state index in [1.54, 1.807) is 11.8 Å². The Balaban J connectivity index is 1.82. The maximum absolute atomic E-state index is 3.48. The van der Waals surface area contributed by atoms with Crippen molar-refractivity contribution in [3.8, 4) is 0 Å². The maximum atomic E-state index is 3.48. The molecule has 2 rings (SSSR count). The molecule has 0 fully saturated rings. The summed E-state index contributed by atoms with van der Waals surface area (Å²) in [5.41, 5.74) is 3.88. The van der Waals surface area contributed by atoms with E-state index in [9.17, 15) is 0 Å². The number of hydrogen-bond donors (Lipinski definition) is 1. The molecule has 0 amide bonds. The van der Waals surface area contributed by atoms with Crippen LogP contribution in [-0.4, -0.2) is 20.4 Å². The van der Waals surface area contributed by atoms with Gasteiger partial charge in [0, 0.05) is 37.8 Å². The molecule has 2 nitrogen and oxygen atoms in total. The van der Waals surface area contributed by atoms with E-state index in [0.29, 0.717) is 0 Å². The highest BCUT2D eigenvalue weighted by Gasteiger charge is 1.97. The topological polar surface area (TPSA) is 15.3 Å². The van der Waals surface area contributed by atoms with Gasteiger partial charge < -0.3 is 10.2 Å². The molecule has 0 aromatic heterocycles. The van der Waals surface area contributed by atoms with Gasteiger partial charge in [-0.2, -0.15) is 0 Å². The van der Waals surface area contributed by atoms with Crippen molar-refractivity contribution in [1.82, 2.24) is 5.32 Å². The Morgan fingerprint density at radius 3 is 1.80 bits per heavy atom. The zero-order valence-corrected chi connectivity index (χ0v) is 13.2. The molecule has 0 unspecified atom stereocenters. The minimum Gasteiger partial charge on any atom is -0.378 e. The van der Waals surface area contributed by atoms with Crippen molar-refractivity contribution in [3.63, 3.8) is 0 Å². The van der Waals surface area contributed by atoms with Gasteiger partial charge in [-0.1, -0.05) is 24.3 Å². The first-order valence-electron chi connectivity index (χ1n) is 6.79. The molecular weight excluding hydrogens is 264 g/mol. The van der Waals surface area contributed by atoms with Crippen molar-refractivity contribution in [2.45, 2.75) is 18.0 Å². The van der Waals surface area contributed by atoms with Crippen LogP contribution in [0, 0.1) is 0 Å². The van der Waals surface area contributed by atoms with Gasteiger partial charge in [0.15, 0.2) is 0 Å². The lowest BCUT2D eigenvalue weighted by atomic mass is 10.2. The molecule has 20 heavy (non-hydrogen) atoms. The zero-order chi connectivity index (χ0) is 14.4. The first-order valence-corrected chi connectivity index (χ1v) is 8.01. The van der Waals surface area contributed by atoms with Crippen LogP contribution in [0.15, 0.2) is 53.4 Å². The summed E-state index contributed by atoms with van der Waals surface area (Å²) in [5.74, 6) is 0. The number of rotatable bonds is 6. The number of thioether (sulfide) groups is 1. The molecule has 2 aromatic rings. The summed E-state index contributed by atoms with van der Waals surface area (Å²) in [6, 6.07) is 17.4. The van der Waals surface area contributed by atoms with E-state index in [4.69, 9.17) is 0 Å². The van der Waals surface area contributed by atoms with E-state index in [2.05, 4.69) is 79.1 Å². The van der Waals surface area contributed by atoms with Crippen LogP contribution >= 0.6 is 11.8 Å². The summed E-state index contributed by atoms with van der Waals surface area (Å²) in [5, 5.41) is 3.48. The standard InChI is InChI=1S/C17H22N2S/c1-19(2)16-8-4-14(5-9-16)12-18-13-15-6-10-17(20-3)11-7-15/h4-11,18H,12-13H2,1-3H3. The van der Waals surface area contributed by atoms with Gasteiger partial charge in [-0.15, -0.1) is 11.8 Å². The van der Waals surface area contributed by atoms with Gasteiger partial charge in [0.2, 0.25) is 0 Å². The van der Waals surface area contributed by atoms with E-state index in [1.165, 1.54) is 21.7 Å². The maximum Gasteiger partial charge on any atom is 0.0361 e. The Morgan fingerprint density at radius 2 is 1.35 bits per heavy atom. The van der Waals surface area contributed by atoms with Crippen molar-refractivity contribution in [2.24, 2.45) is 0 Å². The predicted octanol–water partition coefficient (Wildman–Crippen LogP) is 3.76. The Kier molecular flexibility index (Phi) is 5.50. The second-order valence-corrected chi connectivity index (χ2v) is 5.89. The van der Waals surface area contributed by atoms with Crippen LogP contribution in [0.5, 0.6) is 0 Å².